The maximum atomic E-state index is 5.39. The van der Waals surface area contributed by atoms with E-state index in [1.165, 1.54) is 32.2 Å². The van der Waals surface area contributed by atoms with Gasteiger partial charge in [0, 0.05) is 31.7 Å². The highest BCUT2D eigenvalue weighted by Crippen LogP contribution is 2.31. The Balaban J connectivity index is 0.000000722. The van der Waals surface area contributed by atoms with E-state index in [0.717, 1.165) is 44.3 Å². The molecule has 102 valence electrons. The molecule has 1 N–H and O–H groups in total. The normalized spacial score (nSPS) is 37.1. The lowest BCUT2D eigenvalue weighted by molar-refractivity contribution is 0.0267. The lowest BCUT2D eigenvalue weighted by atomic mass is 9.92. The summed E-state index contributed by atoms with van der Waals surface area (Å²) in [6.07, 6.45) is 5.66. The van der Waals surface area contributed by atoms with Crippen LogP contribution in [0.15, 0.2) is 0 Å². The van der Waals surface area contributed by atoms with Crippen molar-refractivity contribution in [2.24, 2.45) is 5.92 Å². The number of halogens is 2. The van der Waals surface area contributed by atoms with Gasteiger partial charge in [-0.25, -0.2) is 0 Å². The number of morpholine rings is 1. The first-order valence-corrected chi connectivity index (χ1v) is 6.46. The number of hydrogen-bond acceptors (Lipinski definition) is 3. The van der Waals surface area contributed by atoms with Gasteiger partial charge in [-0.15, -0.1) is 24.8 Å². The van der Waals surface area contributed by atoms with Gasteiger partial charge in [-0.05, 0) is 31.6 Å². The molecule has 17 heavy (non-hydrogen) atoms. The van der Waals surface area contributed by atoms with Crippen LogP contribution in [0.5, 0.6) is 0 Å². The van der Waals surface area contributed by atoms with Gasteiger partial charge in [0.05, 0.1) is 13.2 Å². The molecule has 3 nitrogen and oxygen atoms in total. The molecule has 0 spiro atoms. The zero-order valence-electron chi connectivity index (χ0n) is 10.3. The summed E-state index contributed by atoms with van der Waals surface area (Å²) < 4.78 is 5.39. The maximum Gasteiger partial charge on any atom is 0.0594 e. The quantitative estimate of drug-likeness (QED) is 0.834. The van der Waals surface area contributed by atoms with Crippen molar-refractivity contribution >= 4 is 24.8 Å². The molecular formula is C12H24Cl2N2O. The van der Waals surface area contributed by atoms with Crippen molar-refractivity contribution in [3.8, 4) is 0 Å². The van der Waals surface area contributed by atoms with Gasteiger partial charge in [0.25, 0.3) is 0 Å². The van der Waals surface area contributed by atoms with E-state index in [4.69, 9.17) is 4.74 Å². The largest absolute Gasteiger partial charge is 0.379 e. The molecule has 0 aromatic rings. The Morgan fingerprint density at radius 3 is 2.18 bits per heavy atom. The molecule has 5 heteroatoms. The number of hydrogen-bond donors (Lipinski definition) is 1. The molecule has 0 aliphatic carbocycles. The van der Waals surface area contributed by atoms with Crippen molar-refractivity contribution in [2.75, 3.05) is 32.8 Å². The van der Waals surface area contributed by atoms with E-state index >= 15 is 0 Å². The smallest absolute Gasteiger partial charge is 0.0594 e. The summed E-state index contributed by atoms with van der Waals surface area (Å²) in [7, 11) is 0. The third-order valence-electron chi connectivity index (χ3n) is 4.19. The van der Waals surface area contributed by atoms with Crippen molar-refractivity contribution in [3.05, 3.63) is 0 Å². The number of nitrogens with one attached hydrogen (secondary N) is 1. The monoisotopic (exact) mass is 282 g/mol. The van der Waals surface area contributed by atoms with E-state index in [0.29, 0.717) is 0 Å². The Hall–Kier alpha value is 0.460. The van der Waals surface area contributed by atoms with Crippen LogP contribution in [0.4, 0.5) is 0 Å². The van der Waals surface area contributed by atoms with Crippen LogP contribution in [-0.2, 0) is 4.74 Å². The fourth-order valence-electron chi connectivity index (χ4n) is 3.47. The first kappa shape index (κ1) is 15.5. The van der Waals surface area contributed by atoms with Crippen molar-refractivity contribution in [1.29, 1.82) is 0 Å². The predicted octanol–water partition coefficient (Wildman–Crippen LogP) is 1.69. The molecule has 3 saturated heterocycles. The summed E-state index contributed by atoms with van der Waals surface area (Å²) in [6.45, 7) is 5.51. The van der Waals surface area contributed by atoms with Gasteiger partial charge in [0.2, 0.25) is 0 Å². The van der Waals surface area contributed by atoms with Crippen LogP contribution < -0.4 is 5.32 Å². The van der Waals surface area contributed by atoms with Crippen molar-refractivity contribution in [1.82, 2.24) is 10.2 Å². The first-order chi connectivity index (χ1) is 7.40. The van der Waals surface area contributed by atoms with E-state index in [1.807, 2.05) is 0 Å². The molecule has 0 saturated carbocycles. The van der Waals surface area contributed by atoms with Gasteiger partial charge in [-0.1, -0.05) is 0 Å². The topological polar surface area (TPSA) is 24.5 Å². The molecule has 0 amide bonds. The van der Waals surface area contributed by atoms with Crippen molar-refractivity contribution in [3.63, 3.8) is 0 Å². The Morgan fingerprint density at radius 1 is 1.00 bits per heavy atom. The summed E-state index contributed by atoms with van der Waals surface area (Å²) in [4.78, 5) is 2.60. The summed E-state index contributed by atoms with van der Waals surface area (Å²) in [5.74, 6) is 0.946. The minimum Gasteiger partial charge on any atom is -0.379 e. The molecule has 0 aromatic heterocycles. The Labute approximate surface area is 116 Å². The highest BCUT2D eigenvalue weighted by atomic mass is 35.5. The van der Waals surface area contributed by atoms with E-state index < -0.39 is 0 Å². The van der Waals surface area contributed by atoms with Crippen molar-refractivity contribution in [2.45, 2.75) is 37.8 Å². The summed E-state index contributed by atoms with van der Waals surface area (Å²) >= 11 is 0. The molecule has 3 aliphatic heterocycles. The number of nitrogens with zero attached hydrogens (tertiary/aromatic N) is 1. The van der Waals surface area contributed by atoms with Crippen LogP contribution in [0.2, 0.25) is 0 Å². The average molecular weight is 283 g/mol. The fraction of sp³-hybridized carbons (Fsp3) is 1.00. The molecule has 0 aromatic carbocycles. The van der Waals surface area contributed by atoms with Gasteiger partial charge in [-0.3, -0.25) is 4.90 Å². The van der Waals surface area contributed by atoms with Gasteiger partial charge < -0.3 is 10.1 Å². The lowest BCUT2D eigenvalue weighted by Gasteiger charge is -2.35. The molecule has 3 aliphatic rings. The van der Waals surface area contributed by atoms with Crippen LogP contribution in [0.25, 0.3) is 0 Å². The van der Waals surface area contributed by atoms with Crippen LogP contribution in [0, 0.1) is 5.92 Å². The third-order valence-corrected chi connectivity index (χ3v) is 4.19. The second-order valence-corrected chi connectivity index (χ2v) is 5.39. The minimum absolute atomic E-state index is 0. The molecule has 3 heterocycles. The molecule has 3 fully saturated rings. The first-order valence-electron chi connectivity index (χ1n) is 6.46. The Bertz CT molecular complexity index is 213. The zero-order chi connectivity index (χ0) is 10.1. The van der Waals surface area contributed by atoms with E-state index in [2.05, 4.69) is 10.2 Å². The fourth-order valence-corrected chi connectivity index (χ4v) is 3.47. The molecular weight excluding hydrogens is 259 g/mol. The second kappa shape index (κ2) is 7.15. The van der Waals surface area contributed by atoms with Crippen LogP contribution in [-0.4, -0.2) is 49.8 Å². The number of piperidine rings is 1. The summed E-state index contributed by atoms with van der Waals surface area (Å²) in [5, 5.41) is 3.71. The van der Waals surface area contributed by atoms with Gasteiger partial charge in [0.15, 0.2) is 0 Å². The standard InChI is InChI=1S/C12H22N2O.2ClH/c1-2-12-8-10(7-11(1)13-12)9-14-3-5-15-6-4-14;;/h10-13H,1-9H2;2*1H/t10?,11-,12+;;. The van der Waals surface area contributed by atoms with E-state index in [-0.39, 0.29) is 24.8 Å². The van der Waals surface area contributed by atoms with E-state index in [1.54, 1.807) is 0 Å². The Kier molecular flexibility index (Phi) is 6.52. The van der Waals surface area contributed by atoms with Gasteiger partial charge in [-0.2, -0.15) is 0 Å². The Morgan fingerprint density at radius 2 is 1.59 bits per heavy atom. The van der Waals surface area contributed by atoms with Crippen LogP contribution in [0.1, 0.15) is 25.7 Å². The lowest BCUT2D eigenvalue weighted by Crippen LogP contribution is -2.45. The number of ether oxygens (including phenoxy) is 1. The van der Waals surface area contributed by atoms with Crippen LogP contribution in [0.3, 0.4) is 0 Å². The summed E-state index contributed by atoms with van der Waals surface area (Å²) in [5.41, 5.74) is 0. The van der Waals surface area contributed by atoms with Crippen molar-refractivity contribution < 1.29 is 4.74 Å². The average Bonchev–Trinajstić information content (AvgIpc) is 2.60. The highest BCUT2D eigenvalue weighted by Gasteiger charge is 2.34. The molecule has 3 rings (SSSR count). The molecule has 3 atom stereocenters. The molecule has 2 bridgehead atoms. The van der Waals surface area contributed by atoms with Gasteiger partial charge in [0.1, 0.15) is 0 Å². The highest BCUT2D eigenvalue weighted by molar-refractivity contribution is 5.85. The molecule has 0 radical (unpaired) electrons. The summed E-state index contributed by atoms with van der Waals surface area (Å²) in [6, 6.07) is 1.68. The minimum atomic E-state index is 0. The zero-order valence-corrected chi connectivity index (χ0v) is 11.9. The van der Waals surface area contributed by atoms with E-state index in [9.17, 15) is 0 Å². The maximum absolute atomic E-state index is 5.39. The SMILES string of the molecule is C1CN(CC2C[C@H]3CC[C@@H](C2)N3)CCO1.Cl.Cl. The second-order valence-electron chi connectivity index (χ2n) is 5.39. The number of rotatable bonds is 2. The van der Waals surface area contributed by atoms with Crippen LogP contribution >= 0.6 is 24.8 Å². The van der Waals surface area contributed by atoms with Gasteiger partial charge >= 0.3 is 0 Å². The number of fused-ring (bicyclic) bond motifs is 2. The predicted molar refractivity (Wildman–Crippen MR) is 74.4 cm³/mol. The third kappa shape index (κ3) is 3.97. The molecule has 1 unspecified atom stereocenters.